The number of ether oxygens (including phenoxy) is 5. The highest BCUT2D eigenvalue weighted by molar-refractivity contribution is 7.90. The number of amides is 1. The number of likely N-dealkylation sites (tertiary alicyclic amines) is 1. The van der Waals surface area contributed by atoms with Gasteiger partial charge >= 0.3 is 18.8 Å². The van der Waals surface area contributed by atoms with Crippen LogP contribution in [-0.4, -0.2) is 124 Å². The van der Waals surface area contributed by atoms with Crippen LogP contribution in [-0.2, 0) is 31.4 Å². The topological polar surface area (TPSA) is 153 Å². The highest BCUT2D eigenvalue weighted by Crippen LogP contribution is 2.30. The lowest BCUT2D eigenvalue weighted by molar-refractivity contribution is -0.275. The molecule has 362 valence electrons. The van der Waals surface area contributed by atoms with E-state index in [4.69, 9.17) is 14.2 Å². The Kier molecular flexibility index (Phi) is 18.3. The number of benzene rings is 3. The van der Waals surface area contributed by atoms with Crippen molar-refractivity contribution in [2.45, 2.75) is 93.4 Å². The predicted molar refractivity (Wildman–Crippen MR) is 229 cm³/mol. The van der Waals surface area contributed by atoms with Gasteiger partial charge in [-0.15, -0.1) is 38.7 Å². The van der Waals surface area contributed by atoms with Crippen LogP contribution in [0.3, 0.4) is 0 Å². The van der Waals surface area contributed by atoms with Crippen LogP contribution in [0.5, 0.6) is 23.0 Å². The number of hydrogen-bond acceptors (Lipinski definition) is 11. The van der Waals surface area contributed by atoms with Crippen LogP contribution in [0.4, 0.5) is 31.1 Å². The predicted octanol–water partition coefficient (Wildman–Crippen LogP) is 7.49. The van der Waals surface area contributed by atoms with Gasteiger partial charge in [-0.1, -0.05) is 30.3 Å². The Labute approximate surface area is 381 Å². The number of alkyl halides is 6. The second-order valence-electron chi connectivity index (χ2n) is 15.7. The molecule has 0 aromatic heterocycles. The number of rotatable bonds is 12. The molecule has 4 heterocycles. The molecule has 14 nitrogen and oxygen atoms in total. The monoisotopic (exact) mass is 986 g/mol. The number of hydrogen-bond donors (Lipinski definition) is 1. The van der Waals surface area contributed by atoms with E-state index < -0.39 is 44.1 Å². The van der Waals surface area contributed by atoms with Gasteiger partial charge in [0.15, 0.2) is 0 Å². The summed E-state index contributed by atoms with van der Waals surface area (Å²) in [4.78, 5) is 13.9. The largest absolute Gasteiger partial charge is 0.573 e. The maximum Gasteiger partial charge on any atom is 0.573 e. The van der Waals surface area contributed by atoms with E-state index in [1.807, 2.05) is 30.3 Å². The molecule has 0 unspecified atom stereocenters. The molecule has 0 bridgehead atoms. The summed E-state index contributed by atoms with van der Waals surface area (Å²) in [6.07, 6.45) is -6.40. The molecule has 1 amide bonds. The minimum atomic E-state index is -4.76. The van der Waals surface area contributed by atoms with Gasteiger partial charge in [-0.05, 0) is 119 Å². The first-order valence-electron chi connectivity index (χ1n) is 21.0. The standard InChI is InChI=1S/C25H29F3N2O6S.C17H23F3N2O4S.ClH/c26-25(27,28)36-22-8-6-20(7-9-22)35-21-10-16-30(17-11-21)37(32,33)23-12-14-29(15-13-23)24(31)34-18-19-4-2-1-3-5-19;18-17(19,20)26-15-3-1-13(2-4-15)25-14-7-11-22(12-8-14)27(23,24)16-5-9-21-10-6-16;/h1-9,21,23H,10-18H2;1-4,14,16,21H,5-12H2;1H. The molecule has 0 saturated carbocycles. The second kappa shape index (κ2) is 23.0. The summed E-state index contributed by atoms with van der Waals surface area (Å²) in [7, 11) is -6.82. The summed E-state index contributed by atoms with van der Waals surface area (Å²) in [6, 6.07) is 19.7. The van der Waals surface area contributed by atoms with E-state index in [0.717, 1.165) is 18.7 Å². The normalized spacial score (nSPS) is 19.3. The summed E-state index contributed by atoms with van der Waals surface area (Å²) in [6.45, 7) is 3.60. The molecule has 23 heteroatoms. The number of carbonyl (C=O) groups is 1. The van der Waals surface area contributed by atoms with Crippen molar-refractivity contribution < 1.29 is 71.7 Å². The van der Waals surface area contributed by atoms with Gasteiger partial charge < -0.3 is 33.9 Å². The smallest absolute Gasteiger partial charge is 0.490 e. The number of nitrogens with one attached hydrogen (secondary N) is 1. The summed E-state index contributed by atoms with van der Waals surface area (Å²) in [5, 5.41) is 2.28. The minimum absolute atomic E-state index is 0. The van der Waals surface area contributed by atoms with Crippen LogP contribution in [0, 0.1) is 0 Å². The van der Waals surface area contributed by atoms with Crippen LogP contribution >= 0.6 is 12.4 Å². The fraction of sp³-hybridized carbons (Fsp3) is 0.548. The number of carbonyl (C=O) groups excluding carboxylic acids is 1. The fourth-order valence-corrected chi connectivity index (χ4v) is 11.8. The van der Waals surface area contributed by atoms with E-state index in [0.29, 0.717) is 102 Å². The Hall–Kier alpha value is -4.22. The Morgan fingerprint density at radius 2 is 0.938 bits per heavy atom. The van der Waals surface area contributed by atoms with E-state index in [1.165, 1.54) is 52.8 Å². The van der Waals surface area contributed by atoms with E-state index in [9.17, 15) is 48.0 Å². The van der Waals surface area contributed by atoms with Gasteiger partial charge in [0, 0.05) is 39.3 Å². The van der Waals surface area contributed by atoms with E-state index >= 15 is 0 Å². The first kappa shape index (κ1) is 51.8. The Morgan fingerprint density at radius 1 is 0.554 bits per heavy atom. The lowest BCUT2D eigenvalue weighted by Gasteiger charge is -2.37. The average molecular weight is 987 g/mol. The highest BCUT2D eigenvalue weighted by atomic mass is 35.5. The van der Waals surface area contributed by atoms with Gasteiger partial charge in [0.1, 0.15) is 41.8 Å². The van der Waals surface area contributed by atoms with Crippen molar-refractivity contribution in [3.05, 3.63) is 84.4 Å². The Balaban J connectivity index is 0.000000252. The van der Waals surface area contributed by atoms with Gasteiger partial charge in [-0.3, -0.25) is 0 Å². The lowest BCUT2D eigenvalue weighted by Crippen LogP contribution is -2.49. The van der Waals surface area contributed by atoms with E-state index in [-0.39, 0.29) is 48.0 Å². The third kappa shape index (κ3) is 15.7. The maximum atomic E-state index is 13.2. The van der Waals surface area contributed by atoms with Crippen molar-refractivity contribution in [3.8, 4) is 23.0 Å². The molecular weight excluding hydrogens is 934 g/mol. The van der Waals surface area contributed by atoms with Gasteiger partial charge in [0.25, 0.3) is 0 Å². The van der Waals surface area contributed by atoms with Crippen molar-refractivity contribution in [1.82, 2.24) is 18.8 Å². The second-order valence-corrected chi connectivity index (χ2v) is 20.2. The van der Waals surface area contributed by atoms with Crippen LogP contribution in [0.1, 0.15) is 56.9 Å². The third-order valence-corrected chi connectivity index (χ3v) is 16.1. The fourth-order valence-electron chi connectivity index (χ4n) is 7.90. The number of piperidine rings is 4. The Bertz CT molecular complexity index is 2150. The molecule has 0 atom stereocenters. The molecular formula is C42H53ClF6N4O10S2. The zero-order valence-corrected chi connectivity index (χ0v) is 37.7. The molecule has 0 spiro atoms. The van der Waals surface area contributed by atoms with Gasteiger partial charge in [-0.25, -0.2) is 30.2 Å². The molecule has 4 aliphatic rings. The molecule has 0 radical (unpaired) electrons. The third-order valence-electron chi connectivity index (χ3n) is 11.3. The molecule has 65 heavy (non-hydrogen) atoms. The molecule has 0 aliphatic carbocycles. The molecule has 3 aromatic rings. The summed E-state index contributed by atoms with van der Waals surface area (Å²) < 4.78 is 153. The van der Waals surface area contributed by atoms with E-state index in [2.05, 4.69) is 14.8 Å². The van der Waals surface area contributed by atoms with Crippen LogP contribution in [0.25, 0.3) is 0 Å². The van der Waals surface area contributed by atoms with Crippen LogP contribution in [0.2, 0.25) is 0 Å². The zero-order valence-electron chi connectivity index (χ0n) is 35.3. The molecule has 7 rings (SSSR count). The lowest BCUT2D eigenvalue weighted by atomic mass is 10.1. The van der Waals surface area contributed by atoms with E-state index in [1.54, 1.807) is 9.21 Å². The quantitative estimate of drug-likeness (QED) is 0.180. The SMILES string of the molecule is Cl.O=C(OCc1ccccc1)N1CCC(S(=O)(=O)N2CCC(Oc3ccc(OC(F)(F)F)cc3)CC2)CC1.O=S(=O)(C1CCNCC1)N1CCC(Oc2ccc(OC(F)(F)F)cc2)CC1. The molecule has 1 N–H and O–H groups in total. The number of halogens is 7. The van der Waals surface area contributed by atoms with Crippen molar-refractivity contribution in [3.63, 3.8) is 0 Å². The number of nitrogens with zero attached hydrogens (tertiary/aromatic N) is 3. The van der Waals surface area contributed by atoms with Crippen molar-refractivity contribution in [1.29, 1.82) is 0 Å². The minimum Gasteiger partial charge on any atom is -0.490 e. The summed E-state index contributed by atoms with van der Waals surface area (Å²) in [5.41, 5.74) is 0.883. The first-order chi connectivity index (χ1) is 30.3. The Morgan fingerprint density at radius 3 is 1.34 bits per heavy atom. The first-order valence-corrected chi connectivity index (χ1v) is 24.0. The van der Waals surface area contributed by atoms with Crippen molar-refractivity contribution in [2.75, 3.05) is 52.4 Å². The highest BCUT2D eigenvalue weighted by Gasteiger charge is 2.39. The van der Waals surface area contributed by atoms with Gasteiger partial charge in [-0.2, -0.15) is 0 Å². The van der Waals surface area contributed by atoms with Crippen LogP contribution < -0.4 is 24.3 Å². The average Bonchev–Trinajstić information content (AvgIpc) is 3.27. The van der Waals surface area contributed by atoms with Crippen LogP contribution in [0.15, 0.2) is 78.9 Å². The molecule has 4 fully saturated rings. The van der Waals surface area contributed by atoms with Gasteiger partial charge in [0.05, 0.1) is 10.5 Å². The zero-order chi connectivity index (χ0) is 46.0. The molecule has 3 aromatic carbocycles. The van der Waals surface area contributed by atoms with Crippen molar-refractivity contribution in [2.24, 2.45) is 0 Å². The maximum absolute atomic E-state index is 13.2. The van der Waals surface area contributed by atoms with Gasteiger partial charge in [0.2, 0.25) is 20.0 Å². The molecule has 4 saturated heterocycles. The summed E-state index contributed by atoms with van der Waals surface area (Å²) >= 11 is 0. The molecule has 4 aliphatic heterocycles. The van der Waals surface area contributed by atoms with Crippen molar-refractivity contribution >= 4 is 38.5 Å². The summed E-state index contributed by atoms with van der Waals surface area (Å²) in [5.74, 6) is 0.181. The number of sulfonamides is 2.